The largest absolute Gasteiger partial charge is 0.472 e. The zero-order chi connectivity index (χ0) is 47.7. The number of rotatable bonds is 46. The van der Waals surface area contributed by atoms with E-state index in [0.717, 1.165) is 83.5 Å². The molecule has 0 aromatic heterocycles. The minimum absolute atomic E-state index is 0.0534. The molecule has 19 heteroatoms. The van der Waals surface area contributed by atoms with Gasteiger partial charge in [-0.3, -0.25) is 37.3 Å². The van der Waals surface area contributed by atoms with Gasteiger partial charge < -0.3 is 33.8 Å². The molecule has 5 atom stereocenters. The quantitative estimate of drug-likeness (QED) is 0.0222. The number of phosphoric acid groups is 2. The Bertz CT molecular complexity index is 1290. The molecule has 0 saturated carbocycles. The van der Waals surface area contributed by atoms with Crippen LogP contribution >= 0.6 is 15.6 Å². The Hall–Kier alpha value is -1.94. The second-order valence-electron chi connectivity index (χ2n) is 16.4. The van der Waals surface area contributed by atoms with Crippen molar-refractivity contribution in [3.63, 3.8) is 0 Å². The minimum atomic E-state index is -4.91. The van der Waals surface area contributed by atoms with Crippen LogP contribution in [0.15, 0.2) is 0 Å². The highest BCUT2D eigenvalue weighted by atomic mass is 31.2. The molecule has 3 N–H and O–H groups in total. The normalized spacial score (nSPS) is 14.8. The molecule has 0 amide bonds. The molecule has 17 nitrogen and oxygen atoms in total. The number of ether oxygens (including phenoxy) is 4. The Kier molecular flexibility index (Phi) is 40.0. The van der Waals surface area contributed by atoms with Gasteiger partial charge in [0.2, 0.25) is 0 Å². The summed E-state index contributed by atoms with van der Waals surface area (Å²) in [7, 11) is -9.80. The van der Waals surface area contributed by atoms with Gasteiger partial charge in [-0.15, -0.1) is 0 Å². The SMILES string of the molecule is CCCCCCCCCCCCCC(=O)OC[C@H](COP(=O)(O)OC[C@H](O)COP(=O)(O)OC[C@@H](COC(=O)CCCCCCC)OC(=O)CCC)OC(=O)CCCCCCCCC. The summed E-state index contributed by atoms with van der Waals surface area (Å²) in [4.78, 5) is 70.0. The number of unbranched alkanes of at least 4 members (excludes halogenated alkanes) is 20. The van der Waals surface area contributed by atoms with Crippen molar-refractivity contribution in [3.8, 4) is 0 Å². The lowest BCUT2D eigenvalue weighted by Gasteiger charge is -2.21. The first-order valence-corrected chi connectivity index (χ1v) is 27.3. The van der Waals surface area contributed by atoms with Gasteiger partial charge in [0, 0.05) is 25.7 Å². The highest BCUT2D eigenvalue weighted by molar-refractivity contribution is 7.47. The number of aliphatic hydroxyl groups excluding tert-OH is 1. The predicted octanol–water partition coefficient (Wildman–Crippen LogP) is 10.5. The van der Waals surface area contributed by atoms with Crippen molar-refractivity contribution in [2.45, 2.75) is 226 Å². The Labute approximate surface area is 384 Å². The number of esters is 4. The molecule has 2 unspecified atom stereocenters. The Balaban J connectivity index is 5.00. The lowest BCUT2D eigenvalue weighted by atomic mass is 10.1. The molecule has 0 rings (SSSR count). The van der Waals surface area contributed by atoms with Crippen LogP contribution in [0, 0.1) is 0 Å². The maximum atomic E-state index is 12.7. The average Bonchev–Trinajstić information content (AvgIpc) is 3.25. The summed E-state index contributed by atoms with van der Waals surface area (Å²) in [6.07, 6.45) is 20.7. The van der Waals surface area contributed by atoms with Crippen molar-refractivity contribution in [1.82, 2.24) is 0 Å². The molecule has 0 aliphatic heterocycles. The number of hydrogen-bond donors (Lipinski definition) is 3. The molecule has 0 radical (unpaired) electrons. The van der Waals surface area contributed by atoms with Gasteiger partial charge in [-0.2, -0.15) is 0 Å². The smallest absolute Gasteiger partial charge is 0.462 e. The van der Waals surface area contributed by atoms with E-state index in [0.29, 0.717) is 25.7 Å². The molecule has 0 heterocycles. The molecule has 0 aromatic carbocycles. The highest BCUT2D eigenvalue weighted by Gasteiger charge is 2.30. The first kappa shape index (κ1) is 62.1. The third-order valence-electron chi connectivity index (χ3n) is 10.1. The summed E-state index contributed by atoms with van der Waals surface area (Å²) in [6.45, 7) is 4.20. The summed E-state index contributed by atoms with van der Waals surface area (Å²) in [5.41, 5.74) is 0. The second kappa shape index (κ2) is 41.3. The molecule has 0 fully saturated rings. The summed E-state index contributed by atoms with van der Waals surface area (Å²) in [6, 6.07) is 0. The summed E-state index contributed by atoms with van der Waals surface area (Å²) >= 11 is 0. The highest BCUT2D eigenvalue weighted by Crippen LogP contribution is 2.45. The van der Waals surface area contributed by atoms with Gasteiger partial charge in [0.1, 0.15) is 19.3 Å². The van der Waals surface area contributed by atoms with Crippen molar-refractivity contribution in [1.29, 1.82) is 0 Å². The lowest BCUT2D eigenvalue weighted by Crippen LogP contribution is -2.30. The zero-order valence-corrected chi connectivity index (χ0v) is 41.5. The van der Waals surface area contributed by atoms with Crippen LogP contribution in [0.1, 0.15) is 207 Å². The first-order valence-electron chi connectivity index (χ1n) is 24.3. The number of hydrogen-bond acceptors (Lipinski definition) is 15. The van der Waals surface area contributed by atoms with Gasteiger partial charge in [-0.1, -0.05) is 156 Å². The van der Waals surface area contributed by atoms with Crippen LogP contribution in [0.2, 0.25) is 0 Å². The lowest BCUT2D eigenvalue weighted by molar-refractivity contribution is -0.161. The summed E-state index contributed by atoms with van der Waals surface area (Å²) in [5.74, 6) is -2.23. The van der Waals surface area contributed by atoms with E-state index in [-0.39, 0.29) is 25.7 Å². The molecular weight excluding hydrogens is 874 g/mol. The summed E-state index contributed by atoms with van der Waals surface area (Å²) in [5, 5.41) is 10.3. The molecular formula is C45H86O17P2. The van der Waals surface area contributed by atoms with Crippen LogP contribution in [0.25, 0.3) is 0 Å². The van der Waals surface area contributed by atoms with Gasteiger partial charge in [-0.05, 0) is 25.7 Å². The van der Waals surface area contributed by atoms with Crippen LogP contribution in [0.4, 0.5) is 0 Å². The van der Waals surface area contributed by atoms with Crippen molar-refractivity contribution in [3.05, 3.63) is 0 Å². The van der Waals surface area contributed by atoms with Gasteiger partial charge in [0.25, 0.3) is 0 Å². The van der Waals surface area contributed by atoms with Gasteiger partial charge in [0.05, 0.1) is 26.4 Å². The van der Waals surface area contributed by atoms with Gasteiger partial charge >= 0.3 is 39.5 Å². The van der Waals surface area contributed by atoms with Crippen molar-refractivity contribution in [2.24, 2.45) is 0 Å². The second-order valence-corrected chi connectivity index (χ2v) is 19.3. The Morgan fingerprint density at radius 3 is 0.984 bits per heavy atom. The van der Waals surface area contributed by atoms with Crippen LogP contribution in [-0.2, 0) is 65.4 Å². The van der Waals surface area contributed by atoms with E-state index < -0.39 is 97.5 Å². The van der Waals surface area contributed by atoms with Crippen molar-refractivity contribution in [2.75, 3.05) is 39.6 Å². The molecule has 0 aliphatic carbocycles. The predicted molar refractivity (Wildman–Crippen MR) is 243 cm³/mol. The third-order valence-corrected chi connectivity index (χ3v) is 12.0. The number of phosphoric ester groups is 2. The van der Waals surface area contributed by atoms with Crippen LogP contribution in [0.5, 0.6) is 0 Å². The topological polar surface area (TPSA) is 237 Å². The number of carbonyl (C=O) groups excluding carboxylic acids is 4. The fraction of sp³-hybridized carbons (Fsp3) is 0.911. The molecule has 0 aromatic rings. The van der Waals surface area contributed by atoms with Crippen molar-refractivity contribution >= 4 is 39.5 Å². The van der Waals surface area contributed by atoms with E-state index in [1.807, 2.05) is 0 Å². The van der Waals surface area contributed by atoms with Crippen LogP contribution < -0.4 is 0 Å². The van der Waals surface area contributed by atoms with Crippen LogP contribution in [0.3, 0.4) is 0 Å². The molecule has 0 saturated heterocycles. The van der Waals surface area contributed by atoms with E-state index in [1.54, 1.807) is 6.92 Å². The van der Waals surface area contributed by atoms with E-state index in [2.05, 4.69) is 20.8 Å². The van der Waals surface area contributed by atoms with Gasteiger partial charge in [-0.25, -0.2) is 9.13 Å². The Morgan fingerprint density at radius 2 is 0.656 bits per heavy atom. The van der Waals surface area contributed by atoms with E-state index in [1.165, 1.54) is 44.9 Å². The molecule has 64 heavy (non-hydrogen) atoms. The standard InChI is InChI=1S/C45H86O17P2/c1-5-9-12-15-17-18-19-20-22-24-27-31-43(48)56-36-41(62-45(50)32-28-25-21-16-13-10-6-2)38-60-64(53,54)58-34-39(46)33-57-63(51,52)59-37-40(61-44(49)29-8-4)35-55-42(47)30-26-23-14-11-7-3/h39-41,46H,5-38H2,1-4H3,(H,51,52)(H,53,54)/t39-,40-,41-/m1/s1. The van der Waals surface area contributed by atoms with Crippen molar-refractivity contribution < 1.29 is 80.2 Å². The maximum absolute atomic E-state index is 12.7. The molecule has 0 aliphatic rings. The Morgan fingerprint density at radius 1 is 0.375 bits per heavy atom. The van der Waals surface area contributed by atoms with Gasteiger partial charge in [0.15, 0.2) is 12.2 Å². The average molecular weight is 961 g/mol. The monoisotopic (exact) mass is 961 g/mol. The zero-order valence-electron chi connectivity index (χ0n) is 39.7. The fourth-order valence-electron chi connectivity index (χ4n) is 6.31. The number of aliphatic hydroxyl groups is 1. The molecule has 378 valence electrons. The third kappa shape index (κ3) is 40.3. The van der Waals surface area contributed by atoms with Crippen LogP contribution in [-0.4, -0.2) is 96.7 Å². The molecule has 0 spiro atoms. The fourth-order valence-corrected chi connectivity index (χ4v) is 7.89. The number of carbonyl (C=O) groups is 4. The van der Waals surface area contributed by atoms with E-state index >= 15 is 0 Å². The minimum Gasteiger partial charge on any atom is -0.462 e. The maximum Gasteiger partial charge on any atom is 0.472 e. The first-order chi connectivity index (χ1) is 30.7. The van der Waals surface area contributed by atoms with E-state index in [9.17, 15) is 43.2 Å². The molecule has 0 bridgehead atoms. The summed E-state index contributed by atoms with van der Waals surface area (Å²) < 4.78 is 66.1. The van der Waals surface area contributed by atoms with E-state index in [4.69, 9.17) is 37.0 Å².